The number of carbonyl (C=O) groups excluding carboxylic acids is 2. The van der Waals surface area contributed by atoms with Gasteiger partial charge >= 0.3 is 5.97 Å². The fraction of sp³-hybridized carbons (Fsp3) is 0.485. The normalized spacial score (nSPS) is 20.9. The molecular formula is C33H38N6O6. The molecule has 12 heteroatoms. The minimum Gasteiger partial charge on any atom is -0.489 e. The van der Waals surface area contributed by atoms with E-state index in [2.05, 4.69) is 21.9 Å². The third kappa shape index (κ3) is 6.30. The lowest BCUT2D eigenvalue weighted by Gasteiger charge is -2.27. The molecule has 7 rings (SSSR count). The van der Waals surface area contributed by atoms with E-state index in [1.165, 1.54) is 28.9 Å². The highest BCUT2D eigenvalue weighted by atomic mass is 16.5. The summed E-state index contributed by atoms with van der Waals surface area (Å²) < 4.78 is 11.9. The van der Waals surface area contributed by atoms with Crippen molar-refractivity contribution in [1.29, 1.82) is 0 Å². The Morgan fingerprint density at radius 3 is 2.69 bits per heavy atom. The molecule has 3 fully saturated rings. The smallest absolute Gasteiger partial charge is 0.303 e. The number of hydrogen-bond acceptors (Lipinski definition) is 9. The molecule has 12 nitrogen and oxygen atoms in total. The molecule has 4 heterocycles. The largest absolute Gasteiger partial charge is 0.489 e. The van der Waals surface area contributed by atoms with Crippen LogP contribution in [0.25, 0.3) is 10.9 Å². The van der Waals surface area contributed by atoms with Crippen LogP contribution in [-0.4, -0.2) is 94.2 Å². The minimum atomic E-state index is -1.04. The highest BCUT2D eigenvalue weighted by Gasteiger charge is 2.36. The fourth-order valence-corrected chi connectivity index (χ4v) is 6.78. The predicted molar refractivity (Wildman–Crippen MR) is 165 cm³/mol. The Balaban J connectivity index is 1.00. The van der Waals surface area contributed by atoms with E-state index in [0.29, 0.717) is 30.4 Å². The minimum absolute atomic E-state index is 0.00738. The zero-order valence-electron chi connectivity index (χ0n) is 25.2. The van der Waals surface area contributed by atoms with E-state index < -0.39 is 17.9 Å². The molecule has 1 saturated carbocycles. The number of ether oxygens (including phenoxy) is 2. The summed E-state index contributed by atoms with van der Waals surface area (Å²) in [4.78, 5) is 51.8. The van der Waals surface area contributed by atoms with Gasteiger partial charge in [-0.3, -0.25) is 19.3 Å². The molecule has 236 valence electrons. The number of rotatable bonds is 11. The van der Waals surface area contributed by atoms with Crippen molar-refractivity contribution in [3.8, 4) is 5.75 Å². The lowest BCUT2D eigenvalue weighted by atomic mass is 10.0. The Kier molecular flexibility index (Phi) is 8.01. The first-order valence-electron chi connectivity index (χ1n) is 15.8. The van der Waals surface area contributed by atoms with E-state index in [1.807, 2.05) is 12.3 Å². The molecule has 0 radical (unpaired) electrons. The van der Waals surface area contributed by atoms with Crippen LogP contribution in [-0.2, 0) is 27.4 Å². The number of aromatic nitrogens is 2. The van der Waals surface area contributed by atoms with Gasteiger partial charge in [0.05, 0.1) is 18.7 Å². The molecule has 3 N–H and O–H groups in total. The van der Waals surface area contributed by atoms with Crippen molar-refractivity contribution in [3.63, 3.8) is 0 Å². The summed E-state index contributed by atoms with van der Waals surface area (Å²) in [5, 5.41) is 10.1. The van der Waals surface area contributed by atoms with E-state index in [-0.39, 0.29) is 31.4 Å². The summed E-state index contributed by atoms with van der Waals surface area (Å²) in [5.41, 5.74) is 10.4. The van der Waals surface area contributed by atoms with Crippen LogP contribution in [0, 0.1) is 0 Å². The summed E-state index contributed by atoms with van der Waals surface area (Å²) in [6, 6.07) is 8.94. The van der Waals surface area contributed by atoms with Crippen molar-refractivity contribution in [2.24, 2.45) is 5.73 Å². The van der Waals surface area contributed by atoms with E-state index in [1.54, 1.807) is 12.1 Å². The SMILES string of the molecule is NC(=O)C(CCC(=O)O)N1Cc2cc(OC3CCN(Cc4cc(C5CC5)c5nc(N6CCOCC6)ncc5c4)C3)ccc2C1=O. The number of anilines is 1. The van der Waals surface area contributed by atoms with E-state index in [4.69, 9.17) is 30.3 Å². The molecule has 2 saturated heterocycles. The van der Waals surface area contributed by atoms with Gasteiger partial charge in [-0.05, 0) is 72.6 Å². The van der Waals surface area contributed by atoms with Crippen LogP contribution in [0.2, 0.25) is 0 Å². The number of nitrogens with zero attached hydrogens (tertiary/aromatic N) is 5. The van der Waals surface area contributed by atoms with E-state index >= 15 is 0 Å². The van der Waals surface area contributed by atoms with Crippen LogP contribution in [0.4, 0.5) is 5.95 Å². The monoisotopic (exact) mass is 614 g/mol. The second kappa shape index (κ2) is 12.2. The second-order valence-corrected chi connectivity index (χ2v) is 12.5. The van der Waals surface area contributed by atoms with Gasteiger partial charge in [0, 0.05) is 62.8 Å². The highest BCUT2D eigenvalue weighted by Crippen LogP contribution is 2.43. The summed E-state index contributed by atoms with van der Waals surface area (Å²) >= 11 is 0. The van der Waals surface area contributed by atoms with Crippen LogP contribution >= 0.6 is 0 Å². The average Bonchev–Trinajstić information content (AvgIpc) is 3.71. The number of carbonyl (C=O) groups is 3. The zero-order valence-corrected chi connectivity index (χ0v) is 25.2. The Morgan fingerprint density at radius 1 is 1.11 bits per heavy atom. The molecule has 0 spiro atoms. The number of primary amides is 1. The van der Waals surface area contributed by atoms with Crippen LogP contribution in [0.3, 0.4) is 0 Å². The number of fused-ring (bicyclic) bond motifs is 2. The molecule has 0 bridgehead atoms. The first-order valence-corrected chi connectivity index (χ1v) is 15.8. The van der Waals surface area contributed by atoms with E-state index in [9.17, 15) is 14.4 Å². The maximum atomic E-state index is 13.0. The second-order valence-electron chi connectivity index (χ2n) is 12.5. The molecule has 1 aliphatic carbocycles. The van der Waals surface area contributed by atoms with Gasteiger partial charge in [-0.25, -0.2) is 9.97 Å². The van der Waals surface area contributed by atoms with Gasteiger partial charge in [0.25, 0.3) is 5.91 Å². The predicted octanol–water partition coefficient (Wildman–Crippen LogP) is 2.67. The molecule has 4 aliphatic rings. The van der Waals surface area contributed by atoms with Crippen molar-refractivity contribution in [1.82, 2.24) is 19.8 Å². The number of aliphatic carboxylic acids is 1. The average molecular weight is 615 g/mol. The molecule has 2 atom stereocenters. The number of nitrogens with two attached hydrogens (primary N) is 1. The van der Waals surface area contributed by atoms with Crippen molar-refractivity contribution in [2.45, 2.75) is 63.3 Å². The fourth-order valence-electron chi connectivity index (χ4n) is 6.78. The van der Waals surface area contributed by atoms with Gasteiger partial charge in [-0.1, -0.05) is 6.07 Å². The van der Waals surface area contributed by atoms with Crippen LogP contribution in [0.5, 0.6) is 5.75 Å². The van der Waals surface area contributed by atoms with Gasteiger partial charge in [-0.15, -0.1) is 0 Å². The van der Waals surface area contributed by atoms with Crippen LogP contribution in [0.1, 0.15) is 65.1 Å². The summed E-state index contributed by atoms with van der Waals surface area (Å²) in [7, 11) is 0. The number of hydrogen-bond donors (Lipinski definition) is 2. The number of carboxylic acid groups (broad SMARTS) is 1. The van der Waals surface area contributed by atoms with Gasteiger partial charge in [0.1, 0.15) is 17.9 Å². The zero-order chi connectivity index (χ0) is 31.1. The van der Waals surface area contributed by atoms with Crippen molar-refractivity contribution < 1.29 is 29.0 Å². The first-order chi connectivity index (χ1) is 21.8. The lowest BCUT2D eigenvalue weighted by molar-refractivity contribution is -0.137. The molecule has 2 unspecified atom stereocenters. The molecule has 2 aromatic carbocycles. The Bertz CT molecular complexity index is 1640. The Labute approximate surface area is 261 Å². The van der Waals surface area contributed by atoms with Crippen molar-refractivity contribution in [2.75, 3.05) is 44.3 Å². The quantitative estimate of drug-likeness (QED) is 0.330. The number of likely N-dealkylation sites (tertiary alicyclic amines) is 1. The van der Waals surface area contributed by atoms with Gasteiger partial charge < -0.3 is 30.1 Å². The third-order valence-electron chi connectivity index (χ3n) is 9.25. The number of benzene rings is 2. The standard InChI is InChI=1S/C33H38N6O6/c34-31(42)28(5-6-29(40)41)39-18-23-15-24(3-4-26(23)32(39)43)45-25-7-8-37(19-25)17-20-13-22-16-35-33(38-9-11-44-12-10-38)36-30(22)27(14-20)21-1-2-21/h3-4,13-16,21,25,28H,1-2,5-12,17-19H2,(H2,34,42)(H,40,41). The van der Waals surface area contributed by atoms with E-state index in [0.717, 1.165) is 61.6 Å². The summed E-state index contributed by atoms with van der Waals surface area (Å²) in [6.45, 7) is 5.74. The summed E-state index contributed by atoms with van der Waals surface area (Å²) in [5.74, 6) is -0.0431. The van der Waals surface area contributed by atoms with Crippen molar-refractivity contribution >= 4 is 34.6 Å². The highest BCUT2D eigenvalue weighted by molar-refractivity contribution is 6.01. The summed E-state index contributed by atoms with van der Waals surface area (Å²) in [6.07, 6.45) is 4.99. The maximum Gasteiger partial charge on any atom is 0.303 e. The molecule has 45 heavy (non-hydrogen) atoms. The molecule has 1 aromatic heterocycles. The van der Waals surface area contributed by atoms with Crippen LogP contribution < -0.4 is 15.4 Å². The topological polar surface area (TPSA) is 151 Å². The Morgan fingerprint density at radius 2 is 1.93 bits per heavy atom. The number of carboxylic acids is 1. The van der Waals surface area contributed by atoms with Crippen LogP contribution in [0.15, 0.2) is 36.5 Å². The third-order valence-corrected chi connectivity index (χ3v) is 9.25. The van der Waals surface area contributed by atoms with Gasteiger partial charge in [0.15, 0.2) is 0 Å². The number of amides is 2. The molecule has 2 amide bonds. The van der Waals surface area contributed by atoms with Gasteiger partial charge in [-0.2, -0.15) is 0 Å². The van der Waals surface area contributed by atoms with Crippen molar-refractivity contribution in [3.05, 3.63) is 58.8 Å². The molecule has 3 aliphatic heterocycles. The first kappa shape index (κ1) is 29.4. The maximum absolute atomic E-state index is 13.0. The molecule has 3 aromatic rings. The number of morpholine rings is 1. The Hall–Kier alpha value is -4.29. The molecular weight excluding hydrogens is 576 g/mol. The lowest BCUT2D eigenvalue weighted by Crippen LogP contribution is -2.45. The van der Waals surface area contributed by atoms with Gasteiger partial charge in [0.2, 0.25) is 11.9 Å².